The summed E-state index contributed by atoms with van der Waals surface area (Å²) in [5.41, 5.74) is 0. The van der Waals surface area contributed by atoms with Crippen molar-refractivity contribution in [2.45, 2.75) is 25.7 Å². The Bertz CT molecular complexity index is 409. The molecule has 3 aliphatic rings. The van der Waals surface area contributed by atoms with Gasteiger partial charge in [-0.2, -0.15) is 0 Å². The van der Waals surface area contributed by atoms with E-state index in [0.29, 0.717) is 19.0 Å². The largest absolute Gasteiger partial charge is 0.341 e. The van der Waals surface area contributed by atoms with Crippen LogP contribution >= 0.6 is 0 Å². The monoisotopic (exact) mass is 308 g/mol. The van der Waals surface area contributed by atoms with Crippen LogP contribution in [-0.4, -0.2) is 85.4 Å². The zero-order valence-electron chi connectivity index (χ0n) is 13.4. The van der Waals surface area contributed by atoms with Crippen molar-refractivity contribution in [2.24, 2.45) is 5.92 Å². The molecule has 3 heterocycles. The molecule has 3 rings (SSSR count). The van der Waals surface area contributed by atoms with E-state index in [4.69, 9.17) is 0 Å². The third-order valence-corrected chi connectivity index (χ3v) is 5.12. The van der Waals surface area contributed by atoms with Crippen molar-refractivity contribution in [1.82, 2.24) is 20.0 Å². The molecule has 0 aromatic carbocycles. The first-order valence-electron chi connectivity index (χ1n) is 8.71. The first-order valence-corrected chi connectivity index (χ1v) is 8.71. The molecule has 0 spiro atoms. The molecule has 3 aliphatic heterocycles. The minimum Gasteiger partial charge on any atom is -0.341 e. The molecule has 6 nitrogen and oxygen atoms in total. The minimum atomic E-state index is 0.0451. The van der Waals surface area contributed by atoms with Gasteiger partial charge in [0.25, 0.3) is 0 Å². The molecule has 1 unspecified atom stereocenters. The van der Waals surface area contributed by atoms with Crippen LogP contribution in [0, 0.1) is 5.92 Å². The van der Waals surface area contributed by atoms with E-state index in [0.717, 1.165) is 32.6 Å². The molecule has 6 heteroatoms. The van der Waals surface area contributed by atoms with Gasteiger partial charge >= 0.3 is 0 Å². The van der Waals surface area contributed by atoms with Crippen molar-refractivity contribution < 1.29 is 9.59 Å². The van der Waals surface area contributed by atoms with Crippen molar-refractivity contribution >= 4 is 11.8 Å². The van der Waals surface area contributed by atoms with Crippen molar-refractivity contribution in [3.8, 4) is 0 Å². The van der Waals surface area contributed by atoms with Gasteiger partial charge in [0.1, 0.15) is 0 Å². The lowest BCUT2D eigenvalue weighted by Gasteiger charge is -2.30. The standard InChI is InChI=1S/C16H28N4O2/c21-15-10-17-5-9-20(15)13-16(22)19-8-4-14(12-19)11-18-6-2-1-3-7-18/h14,17H,1-13H2. The molecule has 0 aromatic heterocycles. The van der Waals surface area contributed by atoms with Crippen LogP contribution in [0.4, 0.5) is 0 Å². The van der Waals surface area contributed by atoms with Gasteiger partial charge in [0, 0.05) is 32.7 Å². The number of amides is 2. The van der Waals surface area contributed by atoms with Crippen LogP contribution in [0.25, 0.3) is 0 Å². The van der Waals surface area contributed by atoms with E-state index in [2.05, 4.69) is 10.2 Å². The summed E-state index contributed by atoms with van der Waals surface area (Å²) in [7, 11) is 0. The summed E-state index contributed by atoms with van der Waals surface area (Å²) in [6, 6.07) is 0. The summed E-state index contributed by atoms with van der Waals surface area (Å²) < 4.78 is 0. The van der Waals surface area contributed by atoms with Crippen molar-refractivity contribution in [1.29, 1.82) is 0 Å². The maximum atomic E-state index is 12.4. The maximum absolute atomic E-state index is 12.4. The van der Waals surface area contributed by atoms with Gasteiger partial charge in [-0.3, -0.25) is 9.59 Å². The van der Waals surface area contributed by atoms with Crippen LogP contribution < -0.4 is 5.32 Å². The molecule has 3 saturated heterocycles. The molecule has 22 heavy (non-hydrogen) atoms. The molecule has 3 fully saturated rings. The molecule has 0 aromatic rings. The van der Waals surface area contributed by atoms with Gasteiger partial charge in [-0.1, -0.05) is 6.42 Å². The second-order valence-electron chi connectivity index (χ2n) is 6.85. The summed E-state index contributed by atoms with van der Waals surface area (Å²) in [6.45, 7) is 7.37. The van der Waals surface area contributed by atoms with Crippen molar-refractivity contribution in [2.75, 3.05) is 58.9 Å². The second kappa shape index (κ2) is 7.42. The molecular formula is C16H28N4O2. The molecule has 0 radical (unpaired) electrons. The van der Waals surface area contributed by atoms with Gasteiger partial charge in [-0.15, -0.1) is 0 Å². The Morgan fingerprint density at radius 1 is 1.14 bits per heavy atom. The summed E-state index contributed by atoms with van der Waals surface area (Å²) in [5.74, 6) is 0.779. The van der Waals surface area contributed by atoms with E-state index >= 15 is 0 Å². The quantitative estimate of drug-likeness (QED) is 0.778. The summed E-state index contributed by atoms with van der Waals surface area (Å²) in [6.07, 6.45) is 5.11. The number of carbonyl (C=O) groups excluding carboxylic acids is 2. The lowest BCUT2D eigenvalue weighted by Crippen LogP contribution is -2.51. The molecule has 2 amide bonds. The number of piperazine rings is 1. The number of hydrogen-bond donors (Lipinski definition) is 1. The van der Waals surface area contributed by atoms with Gasteiger partial charge in [-0.05, 0) is 38.3 Å². The average molecular weight is 308 g/mol. The van der Waals surface area contributed by atoms with E-state index in [1.54, 1.807) is 4.90 Å². The number of rotatable bonds is 4. The third-order valence-electron chi connectivity index (χ3n) is 5.12. The van der Waals surface area contributed by atoms with Crippen LogP contribution in [0.1, 0.15) is 25.7 Å². The van der Waals surface area contributed by atoms with E-state index in [1.165, 1.54) is 32.4 Å². The van der Waals surface area contributed by atoms with Crippen molar-refractivity contribution in [3.63, 3.8) is 0 Å². The predicted octanol–water partition coefficient (Wildman–Crippen LogP) is -0.247. The lowest BCUT2D eigenvalue weighted by atomic mass is 10.1. The molecule has 124 valence electrons. The van der Waals surface area contributed by atoms with Crippen LogP contribution in [0.3, 0.4) is 0 Å². The van der Waals surface area contributed by atoms with Crippen LogP contribution in [0.15, 0.2) is 0 Å². The lowest BCUT2D eigenvalue weighted by molar-refractivity contribution is -0.140. The van der Waals surface area contributed by atoms with Crippen LogP contribution in [0.2, 0.25) is 0 Å². The second-order valence-corrected chi connectivity index (χ2v) is 6.85. The predicted molar refractivity (Wildman–Crippen MR) is 84.4 cm³/mol. The number of piperidine rings is 1. The topological polar surface area (TPSA) is 55.9 Å². The fraction of sp³-hybridized carbons (Fsp3) is 0.875. The van der Waals surface area contributed by atoms with Gasteiger partial charge in [0.05, 0.1) is 13.1 Å². The van der Waals surface area contributed by atoms with E-state index in [-0.39, 0.29) is 18.4 Å². The van der Waals surface area contributed by atoms with E-state index in [9.17, 15) is 9.59 Å². The Balaban J connectivity index is 1.43. The minimum absolute atomic E-state index is 0.0451. The average Bonchev–Trinajstić information content (AvgIpc) is 2.99. The number of nitrogens with one attached hydrogen (secondary N) is 1. The first-order chi connectivity index (χ1) is 10.7. The summed E-state index contributed by atoms with van der Waals surface area (Å²) in [4.78, 5) is 30.4. The van der Waals surface area contributed by atoms with Gasteiger partial charge < -0.3 is 20.0 Å². The fourth-order valence-electron chi connectivity index (χ4n) is 3.79. The van der Waals surface area contributed by atoms with Crippen LogP contribution in [0.5, 0.6) is 0 Å². The Labute approximate surface area is 132 Å². The zero-order valence-corrected chi connectivity index (χ0v) is 13.4. The highest BCUT2D eigenvalue weighted by Gasteiger charge is 2.30. The first kappa shape index (κ1) is 15.7. The molecule has 1 atom stereocenters. The van der Waals surface area contributed by atoms with Gasteiger partial charge in [-0.25, -0.2) is 0 Å². The smallest absolute Gasteiger partial charge is 0.242 e. The highest BCUT2D eigenvalue weighted by molar-refractivity contribution is 5.86. The van der Waals surface area contributed by atoms with E-state index in [1.807, 2.05) is 4.90 Å². The van der Waals surface area contributed by atoms with Gasteiger partial charge in [0.15, 0.2) is 0 Å². The van der Waals surface area contributed by atoms with Crippen molar-refractivity contribution in [3.05, 3.63) is 0 Å². The van der Waals surface area contributed by atoms with E-state index < -0.39 is 0 Å². The Morgan fingerprint density at radius 2 is 1.95 bits per heavy atom. The highest BCUT2D eigenvalue weighted by Crippen LogP contribution is 2.20. The zero-order chi connectivity index (χ0) is 15.4. The summed E-state index contributed by atoms with van der Waals surface area (Å²) >= 11 is 0. The molecule has 1 N–H and O–H groups in total. The molecular weight excluding hydrogens is 280 g/mol. The van der Waals surface area contributed by atoms with Gasteiger partial charge in [0.2, 0.25) is 11.8 Å². The number of likely N-dealkylation sites (tertiary alicyclic amines) is 2. The number of hydrogen-bond acceptors (Lipinski definition) is 4. The molecule has 0 aliphatic carbocycles. The Morgan fingerprint density at radius 3 is 2.73 bits per heavy atom. The molecule has 0 bridgehead atoms. The Hall–Kier alpha value is -1.14. The molecule has 0 saturated carbocycles. The van der Waals surface area contributed by atoms with Crippen LogP contribution in [-0.2, 0) is 9.59 Å². The SMILES string of the molecule is O=C1CNCCN1CC(=O)N1CCC(CN2CCCCC2)C1. The number of nitrogens with zero attached hydrogens (tertiary/aromatic N) is 3. The number of carbonyl (C=O) groups is 2. The highest BCUT2D eigenvalue weighted by atomic mass is 16.2. The maximum Gasteiger partial charge on any atom is 0.242 e. The normalized spacial score (nSPS) is 27.5. The Kier molecular flexibility index (Phi) is 5.31. The summed E-state index contributed by atoms with van der Waals surface area (Å²) in [5, 5.41) is 3.04. The fourth-order valence-corrected chi connectivity index (χ4v) is 3.79. The third kappa shape index (κ3) is 3.98.